The Bertz CT molecular complexity index is 771. The predicted octanol–water partition coefficient (Wildman–Crippen LogP) is 2.80. The first kappa shape index (κ1) is 22.0. The Kier molecular flexibility index (Phi) is 8.68. The molecule has 0 radical (unpaired) electrons. The van der Waals surface area contributed by atoms with E-state index in [1.165, 1.54) is 16.3 Å². The van der Waals surface area contributed by atoms with Gasteiger partial charge in [0.25, 0.3) is 0 Å². The van der Waals surface area contributed by atoms with Gasteiger partial charge in [-0.25, -0.2) is 0 Å². The maximum Gasteiger partial charge on any atom is 0.169 e. The van der Waals surface area contributed by atoms with Crippen molar-refractivity contribution in [2.75, 3.05) is 66.6 Å². The zero-order valence-corrected chi connectivity index (χ0v) is 18.6. The van der Waals surface area contributed by atoms with Crippen LogP contribution in [0.25, 0.3) is 10.8 Å². The molecule has 0 aromatic heterocycles. The van der Waals surface area contributed by atoms with Gasteiger partial charge in [0.1, 0.15) is 0 Å². The monoisotopic (exact) mass is 414 g/mol. The van der Waals surface area contributed by atoms with E-state index in [1.54, 1.807) is 0 Å². The summed E-state index contributed by atoms with van der Waals surface area (Å²) in [7, 11) is 4.21. The Hall–Kier alpha value is -1.73. The molecule has 2 aromatic rings. The van der Waals surface area contributed by atoms with Gasteiger partial charge in [-0.3, -0.25) is 4.90 Å². The van der Waals surface area contributed by atoms with E-state index in [9.17, 15) is 0 Å². The molecular formula is C23H34N4OS. The molecule has 1 aliphatic rings. The van der Waals surface area contributed by atoms with Gasteiger partial charge in [0.15, 0.2) is 5.11 Å². The summed E-state index contributed by atoms with van der Waals surface area (Å²) in [6.07, 6.45) is 1.09. The molecule has 0 unspecified atom stereocenters. The molecule has 2 aromatic carbocycles. The summed E-state index contributed by atoms with van der Waals surface area (Å²) in [4.78, 5) is 6.97. The van der Waals surface area contributed by atoms with Crippen LogP contribution in [0.1, 0.15) is 12.0 Å². The minimum atomic E-state index is 0.824. The van der Waals surface area contributed by atoms with Crippen molar-refractivity contribution >= 4 is 28.1 Å². The highest BCUT2D eigenvalue weighted by atomic mass is 32.1. The first-order valence-corrected chi connectivity index (χ1v) is 11.0. The lowest BCUT2D eigenvalue weighted by Gasteiger charge is -2.29. The van der Waals surface area contributed by atoms with Gasteiger partial charge >= 0.3 is 0 Å². The molecule has 1 fully saturated rings. The average Bonchev–Trinajstić information content (AvgIpc) is 2.74. The number of hydrogen-bond acceptors (Lipinski definition) is 4. The molecule has 0 aliphatic carbocycles. The Labute approximate surface area is 180 Å². The quantitative estimate of drug-likeness (QED) is 0.502. The number of hydrogen-bond donors (Lipinski definition) is 1. The molecular weight excluding hydrogens is 380 g/mol. The van der Waals surface area contributed by atoms with E-state index in [1.807, 2.05) is 0 Å². The van der Waals surface area contributed by atoms with Crippen LogP contribution in [0, 0.1) is 0 Å². The minimum Gasteiger partial charge on any atom is -0.379 e. The van der Waals surface area contributed by atoms with Crippen molar-refractivity contribution in [3.8, 4) is 0 Å². The van der Waals surface area contributed by atoms with E-state index in [-0.39, 0.29) is 0 Å². The summed E-state index contributed by atoms with van der Waals surface area (Å²) in [5.41, 5.74) is 1.32. The third-order valence-electron chi connectivity index (χ3n) is 5.38. The fourth-order valence-corrected chi connectivity index (χ4v) is 3.90. The maximum atomic E-state index is 5.78. The van der Waals surface area contributed by atoms with Crippen molar-refractivity contribution in [1.82, 2.24) is 20.0 Å². The van der Waals surface area contributed by atoms with E-state index in [0.717, 1.165) is 70.6 Å². The maximum absolute atomic E-state index is 5.78. The van der Waals surface area contributed by atoms with Crippen molar-refractivity contribution in [3.05, 3.63) is 48.0 Å². The summed E-state index contributed by atoms with van der Waals surface area (Å²) < 4.78 is 5.42. The average molecular weight is 415 g/mol. The second-order valence-electron chi connectivity index (χ2n) is 7.90. The summed E-state index contributed by atoms with van der Waals surface area (Å²) in [5, 5.41) is 6.93. The summed E-state index contributed by atoms with van der Waals surface area (Å²) in [6.45, 7) is 8.51. The topological polar surface area (TPSA) is 31.0 Å². The first-order valence-electron chi connectivity index (χ1n) is 10.6. The predicted molar refractivity (Wildman–Crippen MR) is 125 cm³/mol. The Balaban J connectivity index is 1.57. The van der Waals surface area contributed by atoms with E-state index >= 15 is 0 Å². The number of rotatable bonds is 9. The zero-order chi connectivity index (χ0) is 20.5. The van der Waals surface area contributed by atoms with Gasteiger partial charge in [0.2, 0.25) is 0 Å². The van der Waals surface area contributed by atoms with Gasteiger partial charge in [-0.15, -0.1) is 0 Å². The molecule has 1 aliphatic heterocycles. The van der Waals surface area contributed by atoms with Gasteiger partial charge in [-0.1, -0.05) is 42.5 Å². The summed E-state index contributed by atoms with van der Waals surface area (Å²) in [6, 6.07) is 15.1. The normalized spacial score (nSPS) is 15.0. The van der Waals surface area contributed by atoms with Crippen molar-refractivity contribution in [3.63, 3.8) is 0 Å². The lowest BCUT2D eigenvalue weighted by Crippen LogP contribution is -2.43. The number of thiocarbonyl (C=S) groups is 1. The lowest BCUT2D eigenvalue weighted by molar-refractivity contribution is 0.0376. The van der Waals surface area contributed by atoms with Crippen molar-refractivity contribution < 1.29 is 4.74 Å². The Morgan fingerprint density at radius 2 is 1.83 bits per heavy atom. The van der Waals surface area contributed by atoms with Gasteiger partial charge < -0.3 is 19.9 Å². The first-order chi connectivity index (χ1) is 14.1. The molecule has 3 rings (SSSR count). The molecule has 0 saturated carbocycles. The van der Waals surface area contributed by atoms with Crippen LogP contribution < -0.4 is 5.32 Å². The second-order valence-corrected chi connectivity index (χ2v) is 8.29. The SMILES string of the molecule is CN(C)CCN(Cc1cccc2ccccc12)C(=S)NCCCN1CCOCC1. The molecule has 1 heterocycles. The van der Waals surface area contributed by atoms with Crippen LogP contribution in [0.5, 0.6) is 0 Å². The van der Waals surface area contributed by atoms with E-state index < -0.39 is 0 Å². The number of morpholine rings is 1. The van der Waals surface area contributed by atoms with Crippen LogP contribution in [0.4, 0.5) is 0 Å². The third kappa shape index (κ3) is 6.93. The van der Waals surface area contributed by atoms with Crippen LogP contribution in [0.15, 0.2) is 42.5 Å². The number of ether oxygens (including phenoxy) is 1. The molecule has 0 spiro atoms. The number of nitrogens with one attached hydrogen (secondary N) is 1. The van der Waals surface area contributed by atoms with E-state index in [2.05, 4.69) is 76.6 Å². The summed E-state index contributed by atoms with van der Waals surface area (Å²) in [5.74, 6) is 0. The number of nitrogens with zero attached hydrogens (tertiary/aromatic N) is 3. The Morgan fingerprint density at radius 1 is 1.07 bits per heavy atom. The fourth-order valence-electron chi connectivity index (χ4n) is 3.64. The summed E-state index contributed by atoms with van der Waals surface area (Å²) >= 11 is 5.78. The molecule has 6 heteroatoms. The third-order valence-corrected chi connectivity index (χ3v) is 5.78. The van der Waals surface area contributed by atoms with Gasteiger partial charge in [-0.2, -0.15) is 0 Å². The lowest BCUT2D eigenvalue weighted by atomic mass is 10.0. The van der Waals surface area contributed by atoms with Crippen LogP contribution in [-0.4, -0.2) is 86.4 Å². The van der Waals surface area contributed by atoms with Crippen LogP contribution in [0.3, 0.4) is 0 Å². The minimum absolute atomic E-state index is 0.824. The highest BCUT2D eigenvalue weighted by Crippen LogP contribution is 2.20. The highest BCUT2D eigenvalue weighted by Gasteiger charge is 2.13. The van der Waals surface area contributed by atoms with E-state index in [4.69, 9.17) is 17.0 Å². The molecule has 0 atom stereocenters. The Morgan fingerprint density at radius 3 is 2.62 bits per heavy atom. The molecule has 5 nitrogen and oxygen atoms in total. The second kappa shape index (κ2) is 11.5. The zero-order valence-electron chi connectivity index (χ0n) is 17.8. The van der Waals surface area contributed by atoms with Gasteiger partial charge in [-0.05, 0) is 55.6 Å². The van der Waals surface area contributed by atoms with Gasteiger partial charge in [0, 0.05) is 39.3 Å². The van der Waals surface area contributed by atoms with Crippen molar-refractivity contribution in [1.29, 1.82) is 0 Å². The molecule has 0 bridgehead atoms. The van der Waals surface area contributed by atoms with E-state index in [0.29, 0.717) is 0 Å². The van der Waals surface area contributed by atoms with Crippen molar-refractivity contribution in [2.24, 2.45) is 0 Å². The number of likely N-dealkylation sites (N-methyl/N-ethyl adjacent to an activating group) is 1. The molecule has 158 valence electrons. The standard InChI is InChI=1S/C23H34N4OS/c1-25(2)13-14-27(19-21-9-5-8-20-7-3-4-10-22(20)21)23(29)24-11-6-12-26-15-17-28-18-16-26/h3-5,7-10H,6,11-19H2,1-2H3,(H,24,29). The smallest absolute Gasteiger partial charge is 0.169 e. The largest absolute Gasteiger partial charge is 0.379 e. The van der Waals surface area contributed by atoms with Crippen LogP contribution in [0.2, 0.25) is 0 Å². The highest BCUT2D eigenvalue weighted by molar-refractivity contribution is 7.80. The van der Waals surface area contributed by atoms with Crippen LogP contribution >= 0.6 is 12.2 Å². The fraction of sp³-hybridized carbons (Fsp3) is 0.522. The molecule has 0 amide bonds. The molecule has 29 heavy (non-hydrogen) atoms. The number of fused-ring (bicyclic) bond motifs is 1. The number of benzene rings is 2. The van der Waals surface area contributed by atoms with Crippen LogP contribution in [-0.2, 0) is 11.3 Å². The van der Waals surface area contributed by atoms with Gasteiger partial charge in [0.05, 0.1) is 13.2 Å². The molecule has 1 saturated heterocycles. The molecule has 1 N–H and O–H groups in total. The van der Waals surface area contributed by atoms with Crippen molar-refractivity contribution in [2.45, 2.75) is 13.0 Å².